The average Bonchev–Trinajstić information content (AvgIpc) is 2.90. The quantitative estimate of drug-likeness (QED) is 0.909. The summed E-state index contributed by atoms with van der Waals surface area (Å²) >= 11 is 0. The smallest absolute Gasteiger partial charge is 0.240 e. The highest BCUT2D eigenvalue weighted by atomic mass is 16.5. The summed E-state index contributed by atoms with van der Waals surface area (Å²) in [6, 6.07) is 8.15. The van der Waals surface area contributed by atoms with E-state index >= 15 is 0 Å². The molecular weight excluding hydrogens is 302 g/mol. The molecule has 0 aliphatic carbocycles. The van der Waals surface area contributed by atoms with Crippen LogP contribution in [0.2, 0.25) is 0 Å². The number of carbonyl (C=O) groups excluding carboxylic acids is 1. The number of likely N-dealkylation sites (N-methyl/N-ethyl adjacent to an activating group) is 1. The van der Waals surface area contributed by atoms with Gasteiger partial charge in [-0.15, -0.1) is 0 Å². The van der Waals surface area contributed by atoms with Crippen molar-refractivity contribution in [2.24, 2.45) is 0 Å². The Labute approximate surface area is 144 Å². The third-order valence-corrected chi connectivity index (χ3v) is 3.89. The number of aryl methyl sites for hydroxylation is 2. The second kappa shape index (κ2) is 7.18. The first-order valence-electron chi connectivity index (χ1n) is 8.17. The standard InChI is InChI=1S/C19H27N3O2/c1-13-7-8-15(14(2)9-13)11-22(6)12-17(23)20-18-10-16(21-24-18)19(3,4)5/h7-10H,11-12H2,1-6H3,(H,20,23). The Morgan fingerprint density at radius 3 is 2.54 bits per heavy atom. The van der Waals surface area contributed by atoms with Crippen molar-refractivity contribution in [2.75, 3.05) is 18.9 Å². The van der Waals surface area contributed by atoms with Crippen LogP contribution in [-0.4, -0.2) is 29.6 Å². The van der Waals surface area contributed by atoms with Crippen LogP contribution in [0.4, 0.5) is 5.88 Å². The molecule has 1 aromatic carbocycles. The molecule has 0 unspecified atom stereocenters. The van der Waals surface area contributed by atoms with Gasteiger partial charge in [-0.05, 0) is 32.0 Å². The lowest BCUT2D eigenvalue weighted by atomic mass is 9.92. The van der Waals surface area contributed by atoms with Gasteiger partial charge in [0.05, 0.1) is 12.2 Å². The van der Waals surface area contributed by atoms with Crippen LogP contribution in [0.5, 0.6) is 0 Å². The molecule has 0 bridgehead atoms. The highest BCUT2D eigenvalue weighted by Gasteiger charge is 2.20. The average molecular weight is 329 g/mol. The van der Waals surface area contributed by atoms with E-state index in [-0.39, 0.29) is 11.3 Å². The number of amides is 1. The van der Waals surface area contributed by atoms with Crippen molar-refractivity contribution in [1.29, 1.82) is 0 Å². The van der Waals surface area contributed by atoms with Gasteiger partial charge < -0.3 is 4.52 Å². The molecule has 0 radical (unpaired) electrons. The lowest BCUT2D eigenvalue weighted by molar-refractivity contribution is -0.117. The molecule has 0 saturated carbocycles. The SMILES string of the molecule is Cc1ccc(CN(C)CC(=O)Nc2cc(C(C)(C)C)no2)c(C)c1. The van der Waals surface area contributed by atoms with Crippen LogP contribution in [-0.2, 0) is 16.8 Å². The van der Waals surface area contributed by atoms with Crippen molar-refractivity contribution >= 4 is 11.8 Å². The zero-order valence-corrected chi connectivity index (χ0v) is 15.4. The van der Waals surface area contributed by atoms with Crippen LogP contribution in [0.25, 0.3) is 0 Å². The Bertz CT molecular complexity index is 714. The predicted molar refractivity (Wildman–Crippen MR) is 96.1 cm³/mol. The zero-order chi connectivity index (χ0) is 17.9. The summed E-state index contributed by atoms with van der Waals surface area (Å²) in [5.74, 6) is 0.281. The molecule has 5 nitrogen and oxygen atoms in total. The van der Waals surface area contributed by atoms with Crippen LogP contribution in [0.1, 0.15) is 43.2 Å². The summed E-state index contributed by atoms with van der Waals surface area (Å²) in [5.41, 5.74) is 4.43. The highest BCUT2D eigenvalue weighted by molar-refractivity contribution is 5.90. The summed E-state index contributed by atoms with van der Waals surface area (Å²) in [6.07, 6.45) is 0. The largest absolute Gasteiger partial charge is 0.338 e. The topological polar surface area (TPSA) is 58.4 Å². The molecule has 2 rings (SSSR count). The first-order chi connectivity index (χ1) is 11.1. The molecule has 0 aliphatic heterocycles. The molecule has 0 aliphatic rings. The molecule has 0 saturated heterocycles. The zero-order valence-electron chi connectivity index (χ0n) is 15.4. The number of rotatable bonds is 5. The van der Waals surface area contributed by atoms with Gasteiger partial charge in [0, 0.05) is 18.0 Å². The minimum absolute atomic E-state index is 0.105. The molecule has 1 heterocycles. The van der Waals surface area contributed by atoms with E-state index in [4.69, 9.17) is 4.52 Å². The van der Waals surface area contributed by atoms with Gasteiger partial charge in [0.1, 0.15) is 0 Å². The van der Waals surface area contributed by atoms with Gasteiger partial charge in [0.2, 0.25) is 11.8 Å². The monoisotopic (exact) mass is 329 g/mol. The number of hydrogen-bond acceptors (Lipinski definition) is 4. The van der Waals surface area contributed by atoms with Crippen LogP contribution in [0.3, 0.4) is 0 Å². The molecule has 5 heteroatoms. The van der Waals surface area contributed by atoms with Gasteiger partial charge in [-0.3, -0.25) is 15.0 Å². The van der Waals surface area contributed by atoms with Crippen LogP contribution < -0.4 is 5.32 Å². The van der Waals surface area contributed by atoms with E-state index in [1.165, 1.54) is 16.7 Å². The first kappa shape index (κ1) is 18.2. The van der Waals surface area contributed by atoms with E-state index in [0.717, 1.165) is 12.2 Å². The van der Waals surface area contributed by atoms with Gasteiger partial charge in [-0.1, -0.05) is 49.7 Å². The number of nitrogens with one attached hydrogen (secondary N) is 1. The van der Waals surface area contributed by atoms with E-state index in [2.05, 4.69) is 42.5 Å². The number of anilines is 1. The molecule has 24 heavy (non-hydrogen) atoms. The number of hydrogen-bond donors (Lipinski definition) is 1. The second-order valence-electron chi connectivity index (χ2n) is 7.48. The van der Waals surface area contributed by atoms with Crippen molar-refractivity contribution in [1.82, 2.24) is 10.1 Å². The first-order valence-corrected chi connectivity index (χ1v) is 8.17. The number of benzene rings is 1. The van der Waals surface area contributed by atoms with E-state index in [9.17, 15) is 4.79 Å². The van der Waals surface area contributed by atoms with Gasteiger partial charge in [0.25, 0.3) is 0 Å². The van der Waals surface area contributed by atoms with Gasteiger partial charge in [-0.25, -0.2) is 0 Å². The molecular formula is C19H27N3O2. The van der Waals surface area contributed by atoms with Gasteiger partial charge >= 0.3 is 0 Å². The molecule has 1 aromatic heterocycles. The van der Waals surface area contributed by atoms with Crippen molar-refractivity contribution in [3.8, 4) is 0 Å². The summed E-state index contributed by atoms with van der Waals surface area (Å²) in [4.78, 5) is 14.2. The molecule has 0 spiro atoms. The Hall–Kier alpha value is -2.14. The van der Waals surface area contributed by atoms with Crippen LogP contribution >= 0.6 is 0 Å². The fraction of sp³-hybridized carbons (Fsp3) is 0.474. The minimum Gasteiger partial charge on any atom is -0.338 e. The molecule has 0 atom stereocenters. The molecule has 130 valence electrons. The normalized spacial score (nSPS) is 11.8. The molecule has 1 N–H and O–H groups in total. The lowest BCUT2D eigenvalue weighted by Crippen LogP contribution is -2.30. The summed E-state index contributed by atoms with van der Waals surface area (Å²) in [7, 11) is 1.93. The van der Waals surface area contributed by atoms with Crippen LogP contribution in [0.15, 0.2) is 28.8 Å². The van der Waals surface area contributed by atoms with Crippen molar-refractivity contribution in [3.05, 3.63) is 46.6 Å². The number of carbonyl (C=O) groups is 1. The van der Waals surface area contributed by atoms with E-state index in [0.29, 0.717) is 12.4 Å². The van der Waals surface area contributed by atoms with Gasteiger partial charge in [0.15, 0.2) is 0 Å². The summed E-state index contributed by atoms with van der Waals surface area (Å²) in [5, 5.41) is 6.77. The van der Waals surface area contributed by atoms with Crippen molar-refractivity contribution < 1.29 is 9.32 Å². The van der Waals surface area contributed by atoms with Crippen LogP contribution in [0, 0.1) is 13.8 Å². The maximum Gasteiger partial charge on any atom is 0.240 e. The highest BCUT2D eigenvalue weighted by Crippen LogP contribution is 2.23. The number of aromatic nitrogens is 1. The Kier molecular flexibility index (Phi) is 5.44. The predicted octanol–water partition coefficient (Wildman–Crippen LogP) is 3.66. The number of nitrogens with zero attached hydrogens (tertiary/aromatic N) is 2. The summed E-state index contributed by atoms with van der Waals surface area (Å²) < 4.78 is 5.19. The van der Waals surface area contributed by atoms with E-state index in [1.54, 1.807) is 6.07 Å². The fourth-order valence-corrected chi connectivity index (χ4v) is 2.48. The Morgan fingerprint density at radius 2 is 1.96 bits per heavy atom. The maximum atomic E-state index is 12.2. The third-order valence-electron chi connectivity index (χ3n) is 3.89. The molecule has 1 amide bonds. The summed E-state index contributed by atoms with van der Waals surface area (Å²) in [6.45, 7) is 11.3. The second-order valence-corrected chi connectivity index (χ2v) is 7.48. The third kappa shape index (κ3) is 4.93. The lowest BCUT2D eigenvalue weighted by Gasteiger charge is -2.17. The fourth-order valence-electron chi connectivity index (χ4n) is 2.48. The Morgan fingerprint density at radius 1 is 1.25 bits per heavy atom. The molecule has 2 aromatic rings. The van der Waals surface area contributed by atoms with Crippen molar-refractivity contribution in [2.45, 2.75) is 46.6 Å². The minimum atomic E-state index is -0.112. The Balaban J connectivity index is 1.91. The van der Waals surface area contributed by atoms with Gasteiger partial charge in [-0.2, -0.15) is 0 Å². The van der Waals surface area contributed by atoms with E-state index < -0.39 is 0 Å². The van der Waals surface area contributed by atoms with E-state index in [1.807, 2.05) is 32.7 Å². The maximum absolute atomic E-state index is 12.2. The van der Waals surface area contributed by atoms with Crippen molar-refractivity contribution in [3.63, 3.8) is 0 Å². The molecule has 0 fully saturated rings.